The summed E-state index contributed by atoms with van der Waals surface area (Å²) < 4.78 is 0. The average Bonchev–Trinajstić information content (AvgIpc) is 2.51. The van der Waals surface area contributed by atoms with Gasteiger partial charge in [0.15, 0.2) is 0 Å². The Morgan fingerprint density at radius 3 is 2.30 bits per heavy atom. The molecule has 1 aromatic rings. The second-order valence-corrected chi connectivity index (χ2v) is 4.83. The van der Waals surface area contributed by atoms with Gasteiger partial charge >= 0.3 is 5.97 Å². The molecular weight excluding hydrogens is 302 g/mol. The van der Waals surface area contributed by atoms with E-state index in [0.29, 0.717) is 5.56 Å². The molecule has 0 bridgehead atoms. The molecule has 1 rings (SSSR count). The largest absolute Gasteiger partial charge is 0.481 e. The van der Waals surface area contributed by atoms with Gasteiger partial charge in [0.1, 0.15) is 6.04 Å². The Bertz CT molecular complexity index is 574. The number of aliphatic carboxylic acids is 1. The Hall–Kier alpha value is -2.90. The predicted molar refractivity (Wildman–Crippen MR) is 81.4 cm³/mol. The van der Waals surface area contributed by atoms with Crippen molar-refractivity contribution in [3.05, 3.63) is 35.9 Å². The van der Waals surface area contributed by atoms with Gasteiger partial charge in [0.2, 0.25) is 11.8 Å². The lowest BCUT2D eigenvalue weighted by atomic mass is 10.1. The molecule has 8 heteroatoms. The van der Waals surface area contributed by atoms with E-state index < -0.39 is 23.8 Å². The number of carboxylic acids is 1. The first-order valence-corrected chi connectivity index (χ1v) is 7.04. The summed E-state index contributed by atoms with van der Waals surface area (Å²) in [5, 5.41) is 13.5. The van der Waals surface area contributed by atoms with Gasteiger partial charge in [-0.1, -0.05) is 18.2 Å². The molecule has 0 saturated heterocycles. The number of amides is 3. The van der Waals surface area contributed by atoms with Crippen molar-refractivity contribution >= 4 is 23.7 Å². The number of carbonyl (C=O) groups is 4. The molecule has 23 heavy (non-hydrogen) atoms. The highest BCUT2D eigenvalue weighted by Gasteiger charge is 2.19. The molecule has 124 valence electrons. The van der Waals surface area contributed by atoms with Gasteiger partial charge in [-0.25, -0.2) is 0 Å². The molecule has 3 amide bonds. The van der Waals surface area contributed by atoms with E-state index in [1.54, 1.807) is 30.3 Å². The van der Waals surface area contributed by atoms with Crippen LogP contribution < -0.4 is 16.4 Å². The maximum absolute atomic E-state index is 11.8. The zero-order chi connectivity index (χ0) is 17.2. The summed E-state index contributed by atoms with van der Waals surface area (Å²) in [6.45, 7) is 0.0873. The zero-order valence-electron chi connectivity index (χ0n) is 12.5. The van der Waals surface area contributed by atoms with E-state index in [9.17, 15) is 19.2 Å². The van der Waals surface area contributed by atoms with Gasteiger partial charge in [-0.3, -0.25) is 19.2 Å². The fourth-order valence-corrected chi connectivity index (χ4v) is 1.80. The monoisotopic (exact) mass is 321 g/mol. The van der Waals surface area contributed by atoms with Gasteiger partial charge in [-0.2, -0.15) is 0 Å². The molecule has 1 atom stereocenters. The summed E-state index contributed by atoms with van der Waals surface area (Å²) in [6.07, 6.45) is -0.402. The number of rotatable bonds is 9. The number of nitrogens with two attached hydrogens (primary N) is 1. The normalized spacial score (nSPS) is 11.3. The van der Waals surface area contributed by atoms with Gasteiger partial charge < -0.3 is 21.5 Å². The second kappa shape index (κ2) is 9.19. The van der Waals surface area contributed by atoms with Crippen molar-refractivity contribution in [1.82, 2.24) is 10.6 Å². The van der Waals surface area contributed by atoms with Crippen molar-refractivity contribution in [2.45, 2.75) is 25.3 Å². The third-order valence-corrected chi connectivity index (χ3v) is 3.00. The molecule has 0 aliphatic heterocycles. The Labute approximate surface area is 133 Å². The van der Waals surface area contributed by atoms with Gasteiger partial charge in [0.05, 0.1) is 0 Å². The van der Waals surface area contributed by atoms with E-state index in [0.717, 1.165) is 0 Å². The third-order valence-electron chi connectivity index (χ3n) is 3.00. The van der Waals surface area contributed by atoms with Crippen LogP contribution in [0.15, 0.2) is 30.3 Å². The van der Waals surface area contributed by atoms with Crippen LogP contribution in [0.3, 0.4) is 0 Å². The van der Waals surface area contributed by atoms with Crippen LogP contribution in [0.2, 0.25) is 0 Å². The van der Waals surface area contributed by atoms with E-state index in [-0.39, 0.29) is 31.7 Å². The van der Waals surface area contributed by atoms with Crippen LogP contribution >= 0.6 is 0 Å². The second-order valence-electron chi connectivity index (χ2n) is 4.83. The first-order chi connectivity index (χ1) is 10.9. The number of hydrogen-bond donors (Lipinski definition) is 4. The number of carboxylic acid groups (broad SMARTS) is 1. The summed E-state index contributed by atoms with van der Waals surface area (Å²) in [6, 6.07) is 7.48. The van der Waals surface area contributed by atoms with E-state index in [4.69, 9.17) is 10.8 Å². The van der Waals surface area contributed by atoms with Gasteiger partial charge in [0, 0.05) is 24.9 Å². The summed E-state index contributed by atoms with van der Waals surface area (Å²) >= 11 is 0. The van der Waals surface area contributed by atoms with Crippen molar-refractivity contribution in [2.75, 3.05) is 6.54 Å². The van der Waals surface area contributed by atoms with Crippen molar-refractivity contribution < 1.29 is 24.3 Å². The van der Waals surface area contributed by atoms with E-state index >= 15 is 0 Å². The Kier molecular flexibility index (Phi) is 7.25. The summed E-state index contributed by atoms with van der Waals surface area (Å²) in [4.78, 5) is 45.1. The van der Waals surface area contributed by atoms with Crippen molar-refractivity contribution in [2.24, 2.45) is 5.73 Å². The molecule has 1 aromatic carbocycles. The molecule has 0 spiro atoms. The zero-order valence-corrected chi connectivity index (χ0v) is 12.5. The maximum atomic E-state index is 11.8. The first kappa shape index (κ1) is 18.1. The van der Waals surface area contributed by atoms with E-state index in [1.807, 2.05) is 0 Å². The molecule has 0 heterocycles. The molecule has 0 aliphatic rings. The van der Waals surface area contributed by atoms with Crippen molar-refractivity contribution in [1.29, 1.82) is 0 Å². The minimum Gasteiger partial charge on any atom is -0.481 e. The highest BCUT2D eigenvalue weighted by atomic mass is 16.4. The molecule has 0 radical (unpaired) electrons. The van der Waals surface area contributed by atoms with Gasteiger partial charge in [-0.15, -0.1) is 0 Å². The van der Waals surface area contributed by atoms with Crippen molar-refractivity contribution in [3.63, 3.8) is 0 Å². The first-order valence-electron chi connectivity index (χ1n) is 7.04. The third kappa shape index (κ3) is 7.07. The van der Waals surface area contributed by atoms with Crippen LogP contribution in [0.25, 0.3) is 0 Å². The van der Waals surface area contributed by atoms with Crippen LogP contribution in [-0.4, -0.2) is 41.4 Å². The summed E-state index contributed by atoms with van der Waals surface area (Å²) in [5.41, 5.74) is 5.58. The number of primary amides is 1. The van der Waals surface area contributed by atoms with Crippen LogP contribution in [0.5, 0.6) is 0 Å². The molecule has 0 aliphatic carbocycles. The maximum Gasteiger partial charge on any atom is 0.303 e. The Morgan fingerprint density at radius 2 is 1.74 bits per heavy atom. The van der Waals surface area contributed by atoms with Crippen LogP contribution in [0, 0.1) is 0 Å². The highest BCUT2D eigenvalue weighted by molar-refractivity contribution is 5.94. The lowest BCUT2D eigenvalue weighted by molar-refractivity contribution is -0.137. The molecule has 5 N–H and O–H groups in total. The topological polar surface area (TPSA) is 139 Å². The van der Waals surface area contributed by atoms with Crippen LogP contribution in [0.1, 0.15) is 29.6 Å². The standard InChI is InChI=1S/C15H19N3O5/c16-14(22)11(6-7-13(20)21)18-12(19)8-9-17-15(23)10-4-2-1-3-5-10/h1-5,11H,6-9H2,(H2,16,22)(H,17,23)(H,18,19)(H,20,21)/t11-/m0/s1. The quantitative estimate of drug-likeness (QED) is 0.492. The summed E-state index contributed by atoms with van der Waals surface area (Å²) in [5.74, 6) is -2.68. The summed E-state index contributed by atoms with van der Waals surface area (Å²) in [7, 11) is 0. The fraction of sp³-hybridized carbons (Fsp3) is 0.333. The predicted octanol–water partition coefficient (Wildman–Crippen LogP) is -0.359. The molecule has 8 nitrogen and oxygen atoms in total. The van der Waals surface area contributed by atoms with Crippen molar-refractivity contribution in [3.8, 4) is 0 Å². The fourth-order valence-electron chi connectivity index (χ4n) is 1.80. The molecular formula is C15H19N3O5. The SMILES string of the molecule is NC(=O)[C@H](CCC(=O)O)NC(=O)CCNC(=O)c1ccccc1. The lowest BCUT2D eigenvalue weighted by Crippen LogP contribution is -2.45. The molecule has 0 aromatic heterocycles. The average molecular weight is 321 g/mol. The highest BCUT2D eigenvalue weighted by Crippen LogP contribution is 1.99. The van der Waals surface area contributed by atoms with Crippen LogP contribution in [0.4, 0.5) is 0 Å². The number of hydrogen-bond acceptors (Lipinski definition) is 4. The van der Waals surface area contributed by atoms with E-state index in [1.165, 1.54) is 0 Å². The smallest absolute Gasteiger partial charge is 0.303 e. The van der Waals surface area contributed by atoms with E-state index in [2.05, 4.69) is 10.6 Å². The Morgan fingerprint density at radius 1 is 1.09 bits per heavy atom. The number of nitrogens with one attached hydrogen (secondary N) is 2. The molecule has 0 saturated carbocycles. The van der Waals surface area contributed by atoms with Gasteiger partial charge in [0.25, 0.3) is 5.91 Å². The lowest BCUT2D eigenvalue weighted by Gasteiger charge is -2.14. The van der Waals surface area contributed by atoms with Crippen LogP contribution in [-0.2, 0) is 14.4 Å². The number of benzene rings is 1. The molecule has 0 unspecified atom stereocenters. The Balaban J connectivity index is 2.36. The number of carbonyl (C=O) groups excluding carboxylic acids is 3. The minimum atomic E-state index is -1.08. The van der Waals surface area contributed by atoms with Gasteiger partial charge in [-0.05, 0) is 18.6 Å². The minimum absolute atomic E-state index is 0.0462. The molecule has 0 fully saturated rings.